The van der Waals surface area contributed by atoms with Crippen molar-refractivity contribution in [3.63, 3.8) is 0 Å². The minimum atomic E-state index is 0.372. The maximum Gasteiger partial charge on any atom is 0.0829 e. The van der Waals surface area contributed by atoms with Gasteiger partial charge >= 0.3 is 0 Å². The Kier molecular flexibility index (Phi) is 6.17. The highest BCUT2D eigenvalue weighted by Gasteiger charge is 2.20. The van der Waals surface area contributed by atoms with Gasteiger partial charge in [-0.25, -0.2) is 0 Å². The van der Waals surface area contributed by atoms with Crippen molar-refractivity contribution >= 4 is 0 Å². The summed E-state index contributed by atoms with van der Waals surface area (Å²) in [6, 6.07) is 0. The van der Waals surface area contributed by atoms with E-state index in [9.17, 15) is 0 Å². The molecular weight excluding hydrogens is 192 g/mol. The van der Waals surface area contributed by atoms with Crippen LogP contribution in [0.5, 0.6) is 0 Å². The Hall–Kier alpha value is -0.160. The highest BCUT2D eigenvalue weighted by atomic mass is 16.5. The molecule has 0 spiro atoms. The lowest BCUT2D eigenvalue weighted by Crippen LogP contribution is -2.46. The molecule has 4 heteroatoms. The fraction of sp³-hybridized carbons (Fsp3) is 1.00. The van der Waals surface area contributed by atoms with Crippen molar-refractivity contribution in [1.29, 1.82) is 0 Å². The SMILES string of the molecule is COCCCN1CCOC(CN(C)C)C1. The molecule has 0 aromatic heterocycles. The number of morpholine rings is 1. The Morgan fingerprint density at radius 1 is 1.47 bits per heavy atom. The third-order valence-corrected chi connectivity index (χ3v) is 2.61. The summed E-state index contributed by atoms with van der Waals surface area (Å²) in [5.74, 6) is 0. The lowest BCUT2D eigenvalue weighted by molar-refractivity contribution is -0.0394. The van der Waals surface area contributed by atoms with Gasteiger partial charge in [0.25, 0.3) is 0 Å². The minimum Gasteiger partial charge on any atom is -0.385 e. The number of ether oxygens (including phenoxy) is 2. The first-order valence-electron chi connectivity index (χ1n) is 5.70. The van der Waals surface area contributed by atoms with Gasteiger partial charge in [0.2, 0.25) is 0 Å². The molecule has 0 N–H and O–H groups in total. The van der Waals surface area contributed by atoms with Crippen LogP contribution < -0.4 is 0 Å². The first kappa shape index (κ1) is 12.9. The van der Waals surface area contributed by atoms with Gasteiger partial charge in [0.05, 0.1) is 12.7 Å². The van der Waals surface area contributed by atoms with Crippen molar-refractivity contribution in [1.82, 2.24) is 9.80 Å². The van der Waals surface area contributed by atoms with E-state index in [4.69, 9.17) is 9.47 Å². The van der Waals surface area contributed by atoms with Crippen LogP contribution >= 0.6 is 0 Å². The van der Waals surface area contributed by atoms with Crippen LogP contribution in [0.4, 0.5) is 0 Å². The number of hydrogen-bond donors (Lipinski definition) is 0. The molecule has 1 rings (SSSR count). The molecule has 1 atom stereocenters. The second-order valence-corrected chi connectivity index (χ2v) is 4.40. The molecule has 90 valence electrons. The van der Waals surface area contributed by atoms with Gasteiger partial charge in [0.15, 0.2) is 0 Å². The third kappa shape index (κ3) is 5.47. The molecule has 1 fully saturated rings. The Morgan fingerprint density at radius 2 is 2.27 bits per heavy atom. The van der Waals surface area contributed by atoms with Gasteiger partial charge in [0.1, 0.15) is 0 Å². The second kappa shape index (κ2) is 7.17. The average molecular weight is 216 g/mol. The van der Waals surface area contributed by atoms with Gasteiger partial charge in [0, 0.05) is 39.9 Å². The van der Waals surface area contributed by atoms with Crippen LogP contribution in [0.2, 0.25) is 0 Å². The van der Waals surface area contributed by atoms with Gasteiger partial charge in [-0.15, -0.1) is 0 Å². The van der Waals surface area contributed by atoms with Crippen molar-refractivity contribution in [2.45, 2.75) is 12.5 Å². The zero-order valence-electron chi connectivity index (χ0n) is 10.2. The first-order chi connectivity index (χ1) is 7.22. The molecule has 0 bridgehead atoms. The van der Waals surface area contributed by atoms with E-state index in [1.807, 2.05) is 0 Å². The molecule has 1 heterocycles. The summed E-state index contributed by atoms with van der Waals surface area (Å²) in [7, 11) is 5.94. The minimum absolute atomic E-state index is 0.372. The standard InChI is InChI=1S/C11H24N2O2/c1-12(2)9-11-10-13(6-8-15-11)5-4-7-14-3/h11H,4-10H2,1-3H3. The molecule has 0 amide bonds. The zero-order valence-corrected chi connectivity index (χ0v) is 10.2. The molecule has 1 unspecified atom stereocenters. The van der Waals surface area contributed by atoms with Gasteiger partial charge in [-0.05, 0) is 20.5 Å². The summed E-state index contributed by atoms with van der Waals surface area (Å²) in [5, 5.41) is 0. The van der Waals surface area contributed by atoms with Gasteiger partial charge in [-0.1, -0.05) is 0 Å². The van der Waals surface area contributed by atoms with Crippen LogP contribution in [0, 0.1) is 0 Å². The summed E-state index contributed by atoms with van der Waals surface area (Å²) in [5.41, 5.74) is 0. The lowest BCUT2D eigenvalue weighted by Gasteiger charge is -2.34. The van der Waals surface area contributed by atoms with Crippen LogP contribution in [0.1, 0.15) is 6.42 Å². The number of hydrogen-bond acceptors (Lipinski definition) is 4. The normalized spacial score (nSPS) is 23.6. The maximum absolute atomic E-state index is 5.71. The number of nitrogens with zero attached hydrogens (tertiary/aromatic N) is 2. The lowest BCUT2D eigenvalue weighted by atomic mass is 10.2. The summed E-state index contributed by atoms with van der Waals surface area (Å²) in [6.07, 6.45) is 1.49. The topological polar surface area (TPSA) is 24.9 Å². The van der Waals surface area contributed by atoms with Crippen molar-refractivity contribution < 1.29 is 9.47 Å². The molecule has 1 aliphatic heterocycles. The molecule has 1 aliphatic rings. The van der Waals surface area contributed by atoms with E-state index in [1.165, 1.54) is 0 Å². The van der Waals surface area contributed by atoms with E-state index in [-0.39, 0.29) is 0 Å². The Bertz CT molecular complexity index is 165. The van der Waals surface area contributed by atoms with Gasteiger partial charge in [-0.2, -0.15) is 0 Å². The van der Waals surface area contributed by atoms with Crippen LogP contribution in [-0.2, 0) is 9.47 Å². The molecule has 0 aromatic rings. The van der Waals surface area contributed by atoms with E-state index in [0.29, 0.717) is 6.10 Å². The molecule has 0 saturated carbocycles. The molecule has 15 heavy (non-hydrogen) atoms. The van der Waals surface area contributed by atoms with Gasteiger partial charge in [-0.3, -0.25) is 4.90 Å². The first-order valence-corrected chi connectivity index (χ1v) is 5.70. The van der Waals surface area contributed by atoms with Crippen LogP contribution in [0.25, 0.3) is 0 Å². The number of methoxy groups -OCH3 is 1. The zero-order chi connectivity index (χ0) is 11.1. The van der Waals surface area contributed by atoms with Crippen molar-refractivity contribution in [2.24, 2.45) is 0 Å². The van der Waals surface area contributed by atoms with E-state index in [0.717, 1.165) is 45.8 Å². The Labute approximate surface area is 93.1 Å². The molecule has 1 saturated heterocycles. The van der Waals surface area contributed by atoms with E-state index in [1.54, 1.807) is 7.11 Å². The van der Waals surface area contributed by atoms with Crippen molar-refractivity contribution in [2.75, 3.05) is 60.6 Å². The smallest absolute Gasteiger partial charge is 0.0829 e. The van der Waals surface area contributed by atoms with Crippen molar-refractivity contribution in [3.8, 4) is 0 Å². The Balaban J connectivity index is 2.17. The largest absolute Gasteiger partial charge is 0.385 e. The van der Waals surface area contributed by atoms with E-state index < -0.39 is 0 Å². The predicted molar refractivity (Wildman–Crippen MR) is 61.2 cm³/mol. The predicted octanol–water partition coefficient (Wildman–Crippen LogP) is 0.285. The third-order valence-electron chi connectivity index (χ3n) is 2.61. The van der Waals surface area contributed by atoms with Crippen molar-refractivity contribution in [3.05, 3.63) is 0 Å². The quantitative estimate of drug-likeness (QED) is 0.596. The summed E-state index contributed by atoms with van der Waals surface area (Å²) in [4.78, 5) is 4.65. The molecule has 0 aliphatic carbocycles. The monoisotopic (exact) mass is 216 g/mol. The van der Waals surface area contributed by atoms with Crippen LogP contribution in [0.15, 0.2) is 0 Å². The molecule has 4 nitrogen and oxygen atoms in total. The van der Waals surface area contributed by atoms with Gasteiger partial charge < -0.3 is 14.4 Å². The van der Waals surface area contributed by atoms with Crippen LogP contribution in [0.3, 0.4) is 0 Å². The second-order valence-electron chi connectivity index (χ2n) is 4.40. The highest BCUT2D eigenvalue weighted by Crippen LogP contribution is 2.06. The fourth-order valence-electron chi connectivity index (χ4n) is 1.93. The summed E-state index contributed by atoms with van der Waals surface area (Å²) < 4.78 is 10.8. The molecular formula is C11H24N2O2. The highest BCUT2D eigenvalue weighted by molar-refractivity contribution is 4.73. The maximum atomic E-state index is 5.71. The summed E-state index contributed by atoms with van der Waals surface area (Å²) >= 11 is 0. The summed E-state index contributed by atoms with van der Waals surface area (Å²) in [6.45, 7) is 5.98. The average Bonchev–Trinajstić information content (AvgIpc) is 2.18. The molecule has 0 aromatic carbocycles. The molecule has 0 radical (unpaired) electrons. The number of rotatable bonds is 6. The fourth-order valence-corrected chi connectivity index (χ4v) is 1.93. The van der Waals surface area contributed by atoms with E-state index >= 15 is 0 Å². The Morgan fingerprint density at radius 3 is 2.93 bits per heavy atom. The van der Waals surface area contributed by atoms with Crippen LogP contribution in [-0.4, -0.2) is 76.5 Å². The number of likely N-dealkylation sites (N-methyl/N-ethyl adjacent to an activating group) is 1. The van der Waals surface area contributed by atoms with E-state index in [2.05, 4.69) is 23.9 Å².